The van der Waals surface area contributed by atoms with Gasteiger partial charge in [0.2, 0.25) is 5.75 Å². The number of aromatic hydroxyl groups is 3. The molecular formula is C17H19FO3. The second-order valence-corrected chi connectivity index (χ2v) is 4.60. The highest BCUT2D eigenvalue weighted by molar-refractivity contribution is 5.99. The predicted octanol–water partition coefficient (Wildman–Crippen LogP) is 4.23. The van der Waals surface area contributed by atoms with Crippen LogP contribution in [0.5, 0.6) is 17.2 Å². The van der Waals surface area contributed by atoms with Crippen LogP contribution in [-0.4, -0.2) is 15.3 Å². The van der Waals surface area contributed by atoms with Crippen molar-refractivity contribution in [2.24, 2.45) is 0 Å². The van der Waals surface area contributed by atoms with Gasteiger partial charge in [0.05, 0.1) is 5.56 Å². The van der Waals surface area contributed by atoms with Crippen LogP contribution in [-0.2, 0) is 0 Å². The van der Waals surface area contributed by atoms with Crippen molar-refractivity contribution in [1.29, 1.82) is 0 Å². The van der Waals surface area contributed by atoms with Gasteiger partial charge in [-0.1, -0.05) is 33.6 Å². The van der Waals surface area contributed by atoms with Crippen molar-refractivity contribution in [1.82, 2.24) is 0 Å². The van der Waals surface area contributed by atoms with Crippen molar-refractivity contribution in [2.75, 3.05) is 0 Å². The van der Waals surface area contributed by atoms with Crippen LogP contribution in [0.4, 0.5) is 4.39 Å². The maximum absolute atomic E-state index is 13.8. The minimum Gasteiger partial charge on any atom is -0.504 e. The smallest absolute Gasteiger partial charge is 0.201 e. The summed E-state index contributed by atoms with van der Waals surface area (Å²) in [7, 11) is 0. The van der Waals surface area contributed by atoms with E-state index in [0.717, 1.165) is 6.07 Å². The third kappa shape index (κ3) is 2.59. The first kappa shape index (κ1) is 16.6. The molecule has 0 bridgehead atoms. The Morgan fingerprint density at radius 2 is 1.62 bits per heavy atom. The summed E-state index contributed by atoms with van der Waals surface area (Å²) in [5.41, 5.74) is 0.282. The molecule has 21 heavy (non-hydrogen) atoms. The number of benzene rings is 2. The topological polar surface area (TPSA) is 60.7 Å². The molecule has 0 amide bonds. The molecule has 0 aliphatic heterocycles. The summed E-state index contributed by atoms with van der Waals surface area (Å²) in [6.07, 6.45) is 5.31. The van der Waals surface area contributed by atoms with E-state index in [-0.39, 0.29) is 22.3 Å². The lowest BCUT2D eigenvalue weighted by Gasteiger charge is -2.17. The SMILES string of the molecule is C#Cc1c(F)ccc2c(O)c(O)c(O)c(C(C)C)c12.CC. The van der Waals surface area contributed by atoms with Gasteiger partial charge in [-0.15, -0.1) is 6.42 Å². The molecule has 3 N–H and O–H groups in total. The Morgan fingerprint density at radius 1 is 1.05 bits per heavy atom. The Labute approximate surface area is 123 Å². The van der Waals surface area contributed by atoms with E-state index >= 15 is 0 Å². The van der Waals surface area contributed by atoms with E-state index in [2.05, 4.69) is 5.92 Å². The normalized spacial score (nSPS) is 10.1. The molecule has 0 aliphatic carbocycles. The third-order valence-electron chi connectivity index (χ3n) is 3.10. The molecule has 4 heteroatoms. The minimum absolute atomic E-state index is 0.0354. The highest BCUT2D eigenvalue weighted by Crippen LogP contribution is 2.48. The van der Waals surface area contributed by atoms with Gasteiger partial charge in [0.1, 0.15) is 5.82 Å². The van der Waals surface area contributed by atoms with E-state index in [1.54, 1.807) is 13.8 Å². The molecule has 0 unspecified atom stereocenters. The lowest BCUT2D eigenvalue weighted by Crippen LogP contribution is -1.96. The number of hydrogen-bond donors (Lipinski definition) is 3. The average Bonchev–Trinajstić information content (AvgIpc) is 2.47. The molecule has 0 radical (unpaired) electrons. The molecule has 0 atom stereocenters. The van der Waals surface area contributed by atoms with Gasteiger partial charge in [0.25, 0.3) is 0 Å². The van der Waals surface area contributed by atoms with Gasteiger partial charge < -0.3 is 15.3 Å². The van der Waals surface area contributed by atoms with Gasteiger partial charge in [-0.3, -0.25) is 0 Å². The summed E-state index contributed by atoms with van der Waals surface area (Å²) >= 11 is 0. The standard InChI is InChI=1S/C15H13FO3.C2H6/c1-4-8-10(16)6-5-9-12(8)11(7(2)3)14(18)15(19)13(9)17;1-2/h1,5-7,17-19H,2-3H3;1-2H3. The molecule has 0 spiro atoms. The van der Waals surface area contributed by atoms with E-state index in [0.29, 0.717) is 5.56 Å². The third-order valence-corrected chi connectivity index (χ3v) is 3.10. The summed E-state index contributed by atoms with van der Waals surface area (Å²) in [4.78, 5) is 0. The van der Waals surface area contributed by atoms with Crippen LogP contribution in [0.3, 0.4) is 0 Å². The summed E-state index contributed by atoms with van der Waals surface area (Å²) < 4.78 is 13.8. The summed E-state index contributed by atoms with van der Waals surface area (Å²) in [6, 6.07) is 2.45. The van der Waals surface area contributed by atoms with Crippen LogP contribution >= 0.6 is 0 Å². The van der Waals surface area contributed by atoms with E-state index in [4.69, 9.17) is 6.42 Å². The van der Waals surface area contributed by atoms with Crippen molar-refractivity contribution in [2.45, 2.75) is 33.6 Å². The van der Waals surface area contributed by atoms with E-state index < -0.39 is 23.1 Å². The number of fused-ring (bicyclic) bond motifs is 1. The van der Waals surface area contributed by atoms with Crippen LogP contribution in [0.2, 0.25) is 0 Å². The van der Waals surface area contributed by atoms with Crippen LogP contribution in [0.1, 0.15) is 44.7 Å². The van der Waals surface area contributed by atoms with Crippen molar-refractivity contribution >= 4 is 10.8 Å². The first-order valence-electron chi connectivity index (χ1n) is 6.75. The lowest BCUT2D eigenvalue weighted by atomic mass is 9.90. The van der Waals surface area contributed by atoms with Crippen molar-refractivity contribution in [3.63, 3.8) is 0 Å². The number of phenolic OH excluding ortho intramolecular Hbond substituents is 3. The molecule has 0 aromatic heterocycles. The maximum atomic E-state index is 13.8. The first-order valence-corrected chi connectivity index (χ1v) is 6.75. The van der Waals surface area contributed by atoms with Crippen LogP contribution < -0.4 is 0 Å². The highest BCUT2D eigenvalue weighted by Gasteiger charge is 2.23. The maximum Gasteiger partial charge on any atom is 0.201 e. The number of terminal acetylenes is 1. The molecule has 112 valence electrons. The molecule has 0 saturated carbocycles. The minimum atomic E-state index is -0.620. The molecule has 2 aromatic rings. The molecule has 0 saturated heterocycles. The summed E-state index contributed by atoms with van der Waals surface area (Å²) in [6.45, 7) is 7.55. The molecule has 0 heterocycles. The average molecular weight is 290 g/mol. The molecule has 0 aliphatic rings. The van der Waals surface area contributed by atoms with E-state index in [1.807, 2.05) is 13.8 Å². The van der Waals surface area contributed by atoms with Gasteiger partial charge in [0.15, 0.2) is 11.5 Å². The Bertz CT molecular complexity index is 713. The van der Waals surface area contributed by atoms with Crippen LogP contribution in [0, 0.1) is 18.2 Å². The fraction of sp³-hybridized carbons (Fsp3) is 0.294. The largest absolute Gasteiger partial charge is 0.504 e. The molecule has 0 fully saturated rings. The number of hydrogen-bond acceptors (Lipinski definition) is 3. The van der Waals surface area contributed by atoms with Crippen molar-refractivity contribution < 1.29 is 19.7 Å². The Hall–Kier alpha value is -2.41. The van der Waals surface area contributed by atoms with Gasteiger partial charge >= 0.3 is 0 Å². The monoisotopic (exact) mass is 290 g/mol. The quantitative estimate of drug-likeness (QED) is 0.544. The molecular weight excluding hydrogens is 271 g/mol. The zero-order chi connectivity index (χ0) is 16.3. The predicted molar refractivity (Wildman–Crippen MR) is 82.3 cm³/mol. The highest BCUT2D eigenvalue weighted by atomic mass is 19.1. The molecule has 2 aromatic carbocycles. The second kappa shape index (κ2) is 6.36. The van der Waals surface area contributed by atoms with Crippen LogP contribution in [0.15, 0.2) is 12.1 Å². The Balaban J connectivity index is 0.00000106. The van der Waals surface area contributed by atoms with Gasteiger partial charge in [-0.05, 0) is 18.1 Å². The first-order chi connectivity index (χ1) is 9.90. The van der Waals surface area contributed by atoms with E-state index in [9.17, 15) is 19.7 Å². The second-order valence-electron chi connectivity index (χ2n) is 4.60. The number of rotatable bonds is 1. The van der Waals surface area contributed by atoms with E-state index in [1.165, 1.54) is 6.07 Å². The molecule has 2 rings (SSSR count). The van der Waals surface area contributed by atoms with Crippen molar-refractivity contribution in [3.8, 4) is 29.6 Å². The molecule has 3 nitrogen and oxygen atoms in total. The van der Waals surface area contributed by atoms with Gasteiger partial charge in [0, 0.05) is 16.3 Å². The zero-order valence-electron chi connectivity index (χ0n) is 12.5. The zero-order valence-corrected chi connectivity index (χ0v) is 12.5. The number of halogens is 1. The Morgan fingerprint density at radius 3 is 2.10 bits per heavy atom. The summed E-state index contributed by atoms with van der Waals surface area (Å²) in [5.74, 6) is -0.183. The summed E-state index contributed by atoms with van der Waals surface area (Å²) in [5, 5.41) is 30.0. The van der Waals surface area contributed by atoms with Crippen LogP contribution in [0.25, 0.3) is 10.8 Å². The van der Waals surface area contributed by atoms with Gasteiger partial charge in [-0.25, -0.2) is 4.39 Å². The van der Waals surface area contributed by atoms with Gasteiger partial charge in [-0.2, -0.15) is 0 Å². The Kier molecular flexibility index (Phi) is 5.04. The lowest BCUT2D eigenvalue weighted by molar-refractivity contribution is 0.367. The fourth-order valence-electron chi connectivity index (χ4n) is 2.24. The van der Waals surface area contributed by atoms with Crippen molar-refractivity contribution in [3.05, 3.63) is 29.1 Å². The number of phenols is 3. The fourth-order valence-corrected chi connectivity index (χ4v) is 2.24.